The van der Waals surface area contributed by atoms with Crippen LogP contribution in [0, 0.1) is 24.4 Å². The third-order valence-electron chi connectivity index (χ3n) is 3.27. The van der Waals surface area contributed by atoms with Crippen LogP contribution in [-0.4, -0.2) is 6.54 Å². The Kier molecular flexibility index (Phi) is 4.91. The van der Waals surface area contributed by atoms with Gasteiger partial charge < -0.3 is 5.32 Å². The molecule has 0 aliphatic heterocycles. The number of halogens is 4. The molecule has 2 rings (SSSR count). The van der Waals surface area contributed by atoms with Gasteiger partial charge in [0.2, 0.25) is 0 Å². The Morgan fingerprint density at radius 3 is 2.38 bits per heavy atom. The first-order valence-electron chi connectivity index (χ1n) is 6.58. The zero-order chi connectivity index (χ0) is 15.6. The predicted octanol–water partition coefficient (Wildman–Crippen LogP) is 4.76. The van der Waals surface area contributed by atoms with Gasteiger partial charge in [0.25, 0.3) is 0 Å². The van der Waals surface area contributed by atoms with Crippen LogP contribution in [-0.2, 0) is 0 Å². The Hall–Kier alpha value is -1.52. The van der Waals surface area contributed by atoms with Crippen molar-refractivity contribution in [2.24, 2.45) is 0 Å². The summed E-state index contributed by atoms with van der Waals surface area (Å²) in [6.07, 6.45) is 0. The number of hydrogen-bond acceptors (Lipinski definition) is 1. The molecule has 0 aliphatic carbocycles. The summed E-state index contributed by atoms with van der Waals surface area (Å²) in [5, 5.41) is 3.22. The molecule has 2 aromatic carbocycles. The molecule has 0 bridgehead atoms. The average molecular weight is 314 g/mol. The number of aryl methyl sites for hydroxylation is 1. The summed E-state index contributed by atoms with van der Waals surface area (Å²) in [5.74, 6) is -1.50. The van der Waals surface area contributed by atoms with E-state index in [1.54, 1.807) is 0 Å². The SMILES string of the molecule is CCNC(c1cc(F)c(C)cc1F)c1ccc(F)cc1Cl. The lowest BCUT2D eigenvalue weighted by Crippen LogP contribution is -2.23. The van der Waals surface area contributed by atoms with Gasteiger partial charge in [0.05, 0.1) is 6.04 Å². The highest BCUT2D eigenvalue weighted by molar-refractivity contribution is 6.31. The van der Waals surface area contributed by atoms with Crippen molar-refractivity contribution in [2.45, 2.75) is 19.9 Å². The quantitative estimate of drug-likeness (QED) is 0.857. The largest absolute Gasteiger partial charge is 0.306 e. The summed E-state index contributed by atoms with van der Waals surface area (Å²) in [6.45, 7) is 3.86. The van der Waals surface area contributed by atoms with Gasteiger partial charge in [0, 0.05) is 10.6 Å². The Balaban J connectivity index is 2.55. The van der Waals surface area contributed by atoms with Gasteiger partial charge in [-0.3, -0.25) is 0 Å². The van der Waals surface area contributed by atoms with Gasteiger partial charge in [0.15, 0.2) is 0 Å². The van der Waals surface area contributed by atoms with E-state index in [0.29, 0.717) is 12.1 Å². The highest BCUT2D eigenvalue weighted by atomic mass is 35.5. The minimum atomic E-state index is -0.641. The zero-order valence-electron chi connectivity index (χ0n) is 11.7. The van der Waals surface area contributed by atoms with Crippen LogP contribution >= 0.6 is 11.6 Å². The lowest BCUT2D eigenvalue weighted by atomic mass is 9.96. The molecule has 0 saturated carbocycles. The maximum absolute atomic E-state index is 14.2. The normalized spacial score (nSPS) is 12.5. The number of hydrogen-bond donors (Lipinski definition) is 1. The summed E-state index contributed by atoms with van der Waals surface area (Å²) < 4.78 is 41.1. The lowest BCUT2D eigenvalue weighted by molar-refractivity contribution is 0.540. The Morgan fingerprint density at radius 1 is 1.05 bits per heavy atom. The predicted molar refractivity (Wildman–Crippen MR) is 78.0 cm³/mol. The maximum Gasteiger partial charge on any atom is 0.128 e. The van der Waals surface area contributed by atoms with E-state index in [1.165, 1.54) is 19.1 Å². The van der Waals surface area contributed by atoms with E-state index in [0.717, 1.165) is 18.2 Å². The minimum absolute atomic E-state index is 0.147. The van der Waals surface area contributed by atoms with Crippen LogP contribution in [0.3, 0.4) is 0 Å². The molecule has 0 fully saturated rings. The van der Waals surface area contributed by atoms with Crippen molar-refractivity contribution in [1.82, 2.24) is 5.32 Å². The van der Waals surface area contributed by atoms with Gasteiger partial charge in [-0.05, 0) is 48.9 Å². The molecule has 1 unspecified atom stereocenters. The number of benzene rings is 2. The maximum atomic E-state index is 14.2. The molecule has 0 aliphatic rings. The third kappa shape index (κ3) is 3.39. The molecular weight excluding hydrogens is 299 g/mol. The molecule has 1 N–H and O–H groups in total. The Morgan fingerprint density at radius 2 is 1.76 bits per heavy atom. The molecule has 1 atom stereocenters. The minimum Gasteiger partial charge on any atom is -0.306 e. The molecule has 0 aromatic heterocycles. The summed E-state index contributed by atoms with van der Waals surface area (Å²) in [4.78, 5) is 0. The van der Waals surface area contributed by atoms with E-state index in [2.05, 4.69) is 5.32 Å². The van der Waals surface area contributed by atoms with Gasteiger partial charge in [-0.25, -0.2) is 13.2 Å². The first kappa shape index (κ1) is 15.9. The van der Waals surface area contributed by atoms with Crippen molar-refractivity contribution in [3.63, 3.8) is 0 Å². The van der Waals surface area contributed by atoms with Gasteiger partial charge in [-0.2, -0.15) is 0 Å². The van der Waals surface area contributed by atoms with Crippen molar-refractivity contribution in [2.75, 3.05) is 6.54 Å². The van der Waals surface area contributed by atoms with Crippen LogP contribution in [0.15, 0.2) is 30.3 Å². The Labute approximate surface area is 126 Å². The molecule has 0 amide bonds. The lowest BCUT2D eigenvalue weighted by Gasteiger charge is -2.21. The molecule has 0 spiro atoms. The van der Waals surface area contributed by atoms with Crippen molar-refractivity contribution in [3.8, 4) is 0 Å². The number of nitrogens with one attached hydrogen (secondary N) is 1. The van der Waals surface area contributed by atoms with E-state index in [9.17, 15) is 13.2 Å². The Bertz CT molecular complexity index is 658. The number of rotatable bonds is 4. The highest BCUT2D eigenvalue weighted by Crippen LogP contribution is 2.31. The average Bonchev–Trinajstić information content (AvgIpc) is 2.41. The van der Waals surface area contributed by atoms with E-state index in [4.69, 9.17) is 11.6 Å². The second kappa shape index (κ2) is 6.50. The van der Waals surface area contributed by atoms with Crippen molar-refractivity contribution < 1.29 is 13.2 Å². The van der Waals surface area contributed by atoms with Crippen molar-refractivity contribution in [1.29, 1.82) is 0 Å². The fourth-order valence-electron chi connectivity index (χ4n) is 2.21. The van der Waals surface area contributed by atoms with Crippen LogP contribution < -0.4 is 5.32 Å². The van der Waals surface area contributed by atoms with E-state index in [1.807, 2.05) is 6.92 Å². The smallest absolute Gasteiger partial charge is 0.128 e. The topological polar surface area (TPSA) is 12.0 Å². The molecule has 112 valence electrons. The van der Waals surface area contributed by atoms with Gasteiger partial charge in [-0.15, -0.1) is 0 Å². The van der Waals surface area contributed by atoms with E-state index < -0.39 is 23.5 Å². The summed E-state index contributed by atoms with van der Waals surface area (Å²) >= 11 is 6.04. The molecule has 5 heteroatoms. The fraction of sp³-hybridized carbons (Fsp3) is 0.250. The molecule has 1 nitrogen and oxygen atoms in total. The highest BCUT2D eigenvalue weighted by Gasteiger charge is 2.21. The van der Waals surface area contributed by atoms with Crippen molar-refractivity contribution >= 4 is 11.6 Å². The molecule has 0 saturated heterocycles. The molecule has 2 aromatic rings. The summed E-state index contributed by atoms with van der Waals surface area (Å²) in [7, 11) is 0. The van der Waals surface area contributed by atoms with Crippen molar-refractivity contribution in [3.05, 3.63) is 69.5 Å². The van der Waals surface area contributed by atoms with Gasteiger partial charge in [0.1, 0.15) is 17.5 Å². The fourth-order valence-corrected chi connectivity index (χ4v) is 2.49. The van der Waals surface area contributed by atoms with Crippen LogP contribution in [0.25, 0.3) is 0 Å². The second-order valence-corrected chi connectivity index (χ2v) is 5.19. The molecular formula is C16H15ClF3N. The van der Waals surface area contributed by atoms with Gasteiger partial charge >= 0.3 is 0 Å². The third-order valence-corrected chi connectivity index (χ3v) is 3.60. The van der Waals surface area contributed by atoms with Crippen LogP contribution in [0.2, 0.25) is 5.02 Å². The summed E-state index contributed by atoms with van der Waals surface area (Å²) in [5.41, 5.74) is 0.882. The summed E-state index contributed by atoms with van der Waals surface area (Å²) in [6, 6.07) is 5.53. The first-order valence-corrected chi connectivity index (χ1v) is 6.95. The molecule has 0 heterocycles. The molecule has 0 radical (unpaired) electrons. The van der Waals surface area contributed by atoms with Crippen LogP contribution in [0.1, 0.15) is 29.7 Å². The zero-order valence-corrected chi connectivity index (χ0v) is 12.4. The standard InChI is InChI=1S/C16H15ClF3N/c1-3-21-16(11-5-4-10(18)7-13(11)17)12-8-14(19)9(2)6-15(12)20/h4-8,16,21H,3H2,1-2H3. The molecule has 21 heavy (non-hydrogen) atoms. The van der Waals surface area contributed by atoms with E-state index >= 15 is 0 Å². The van der Waals surface area contributed by atoms with Gasteiger partial charge in [-0.1, -0.05) is 24.6 Å². The van der Waals surface area contributed by atoms with Crippen LogP contribution in [0.4, 0.5) is 13.2 Å². The van der Waals surface area contributed by atoms with E-state index in [-0.39, 0.29) is 16.1 Å². The first-order chi connectivity index (χ1) is 9.93. The van der Waals surface area contributed by atoms with Crippen LogP contribution in [0.5, 0.6) is 0 Å². The second-order valence-electron chi connectivity index (χ2n) is 4.78. The monoisotopic (exact) mass is 313 g/mol.